The van der Waals surface area contributed by atoms with E-state index >= 15 is 0 Å². The van der Waals surface area contributed by atoms with E-state index in [2.05, 4.69) is 0 Å². The second kappa shape index (κ2) is 8.64. The van der Waals surface area contributed by atoms with Gasteiger partial charge in [-0.25, -0.2) is 8.42 Å². The van der Waals surface area contributed by atoms with Crippen LogP contribution < -0.4 is 5.32 Å². The van der Waals surface area contributed by atoms with E-state index in [1.165, 1.54) is 13.0 Å². The molecule has 0 heterocycles. The van der Waals surface area contributed by atoms with Gasteiger partial charge in [-0.05, 0) is 36.4 Å². The summed E-state index contributed by atoms with van der Waals surface area (Å²) >= 11 is 0. The van der Waals surface area contributed by atoms with Gasteiger partial charge in [-0.1, -0.05) is 19.1 Å². The molecule has 0 aliphatic heterocycles. The van der Waals surface area contributed by atoms with Crippen LogP contribution in [0.1, 0.15) is 18.1 Å². The number of carbonyl (C=O) groups is 1. The third-order valence-corrected chi connectivity index (χ3v) is 5.93. The highest BCUT2D eigenvalue weighted by Crippen LogP contribution is 2.34. The minimum absolute atomic E-state index is 0.238. The van der Waals surface area contributed by atoms with E-state index in [0.717, 1.165) is 30.3 Å². The molecule has 2 aromatic carbocycles. The summed E-state index contributed by atoms with van der Waals surface area (Å²) in [5.41, 5.74) is -2.70. The highest BCUT2D eigenvalue weighted by Gasteiger charge is 2.34. The van der Waals surface area contributed by atoms with Gasteiger partial charge in [-0.3, -0.25) is 4.79 Å². The molecule has 0 saturated heterocycles. The smallest absolute Gasteiger partial charge is 0.324 e. The summed E-state index contributed by atoms with van der Waals surface area (Å²) in [6.07, 6.45) is -9.39. The van der Waals surface area contributed by atoms with E-state index in [0.29, 0.717) is 16.4 Å². The maximum atomic E-state index is 13.0. The van der Waals surface area contributed by atoms with Crippen LogP contribution in [-0.4, -0.2) is 31.7 Å². The molecule has 0 atom stereocenters. The third kappa shape index (κ3) is 5.51. The number of para-hydroxylation sites is 1. The number of hydrogen-bond acceptors (Lipinski definition) is 3. The predicted octanol–water partition coefficient (Wildman–Crippen LogP) is 4.37. The van der Waals surface area contributed by atoms with Gasteiger partial charge in [0.1, 0.15) is 0 Å². The van der Waals surface area contributed by atoms with E-state index in [-0.39, 0.29) is 6.54 Å². The number of anilines is 1. The Morgan fingerprint density at radius 1 is 0.933 bits per heavy atom. The molecular weight excluding hydrogens is 438 g/mol. The predicted molar refractivity (Wildman–Crippen MR) is 96.0 cm³/mol. The fourth-order valence-electron chi connectivity index (χ4n) is 2.52. The van der Waals surface area contributed by atoms with Crippen molar-refractivity contribution in [2.24, 2.45) is 0 Å². The maximum absolute atomic E-state index is 13.0. The summed E-state index contributed by atoms with van der Waals surface area (Å²) in [7, 11) is -4.36. The molecule has 12 heteroatoms. The van der Waals surface area contributed by atoms with E-state index in [1.54, 1.807) is 0 Å². The average molecular weight is 454 g/mol. The van der Waals surface area contributed by atoms with Crippen molar-refractivity contribution >= 4 is 21.6 Å². The first-order valence-electron chi connectivity index (χ1n) is 8.40. The Morgan fingerprint density at radius 2 is 1.50 bits per heavy atom. The van der Waals surface area contributed by atoms with Crippen molar-refractivity contribution < 1.29 is 39.6 Å². The fourth-order valence-corrected chi connectivity index (χ4v) is 3.93. The summed E-state index contributed by atoms with van der Waals surface area (Å²) < 4.78 is 103. The van der Waals surface area contributed by atoms with Crippen LogP contribution in [0.5, 0.6) is 0 Å². The van der Waals surface area contributed by atoms with Gasteiger partial charge in [-0.2, -0.15) is 30.6 Å². The first-order valence-corrected chi connectivity index (χ1v) is 9.84. The molecule has 30 heavy (non-hydrogen) atoms. The highest BCUT2D eigenvalue weighted by atomic mass is 32.2. The molecule has 5 nitrogen and oxygen atoms in total. The van der Waals surface area contributed by atoms with Gasteiger partial charge in [0.05, 0.1) is 28.3 Å². The zero-order chi connectivity index (χ0) is 22.7. The van der Waals surface area contributed by atoms with Gasteiger partial charge in [0.25, 0.3) is 0 Å². The van der Waals surface area contributed by atoms with Gasteiger partial charge in [0.2, 0.25) is 15.9 Å². The minimum Gasteiger partial charge on any atom is -0.324 e. The van der Waals surface area contributed by atoms with Crippen LogP contribution in [0.25, 0.3) is 0 Å². The van der Waals surface area contributed by atoms with Crippen molar-refractivity contribution in [3.63, 3.8) is 0 Å². The summed E-state index contributed by atoms with van der Waals surface area (Å²) in [5.74, 6) is -1.04. The summed E-state index contributed by atoms with van der Waals surface area (Å²) in [6.45, 7) is 0.308. The van der Waals surface area contributed by atoms with Crippen LogP contribution in [0.2, 0.25) is 0 Å². The molecule has 2 aromatic rings. The Kier molecular flexibility index (Phi) is 6.82. The Morgan fingerprint density at radius 3 is 2.00 bits per heavy atom. The van der Waals surface area contributed by atoms with E-state index in [9.17, 15) is 39.6 Å². The lowest BCUT2D eigenvalue weighted by Gasteiger charge is -2.21. The summed E-state index contributed by atoms with van der Waals surface area (Å²) in [5, 5.41) is 2.02. The maximum Gasteiger partial charge on any atom is 0.418 e. The molecule has 0 radical (unpaired) electrons. The quantitative estimate of drug-likeness (QED) is 0.660. The average Bonchev–Trinajstić information content (AvgIpc) is 2.65. The number of nitrogens with one attached hydrogen (secondary N) is 1. The number of amides is 1. The van der Waals surface area contributed by atoms with Crippen molar-refractivity contribution in [3.05, 3.63) is 59.7 Å². The Hall–Kier alpha value is -2.60. The number of alkyl halides is 6. The number of halogens is 6. The lowest BCUT2D eigenvalue weighted by Crippen LogP contribution is -2.38. The van der Waals surface area contributed by atoms with Gasteiger partial charge in [0.15, 0.2) is 0 Å². The van der Waals surface area contributed by atoms with E-state index in [4.69, 9.17) is 0 Å². The Bertz CT molecular complexity index is 1000. The molecule has 0 aliphatic rings. The monoisotopic (exact) mass is 454 g/mol. The molecule has 164 valence electrons. The number of likely N-dealkylation sites (N-methyl/N-ethyl adjacent to an activating group) is 1. The second-order valence-corrected chi connectivity index (χ2v) is 7.98. The third-order valence-electron chi connectivity index (χ3n) is 4.00. The van der Waals surface area contributed by atoms with Crippen molar-refractivity contribution in [2.45, 2.75) is 24.2 Å². The zero-order valence-corrected chi connectivity index (χ0v) is 16.2. The summed E-state index contributed by atoms with van der Waals surface area (Å²) in [6, 6.07) is 6.83. The van der Waals surface area contributed by atoms with E-state index < -0.39 is 56.5 Å². The number of hydrogen-bond donors (Lipinski definition) is 1. The van der Waals surface area contributed by atoms with Crippen LogP contribution in [0.3, 0.4) is 0 Å². The molecule has 1 N–H and O–H groups in total. The standard InChI is InChI=1S/C18H16F6N2O3S/c1-2-26(30(28,29)13-9-7-12(8-10-13)17(19,20)21)11-16(27)25-15-6-4-3-5-14(15)18(22,23)24/h3-10H,2,11H2,1H3,(H,25,27). The second-order valence-electron chi connectivity index (χ2n) is 6.04. The van der Waals surface area contributed by atoms with Crippen LogP contribution in [0.15, 0.2) is 53.4 Å². The molecule has 1 amide bonds. The SMILES string of the molecule is CCN(CC(=O)Nc1ccccc1C(F)(F)F)S(=O)(=O)c1ccc(C(F)(F)F)cc1. The topological polar surface area (TPSA) is 66.5 Å². The number of rotatable bonds is 6. The van der Waals surface area contributed by atoms with Crippen molar-refractivity contribution in [1.82, 2.24) is 4.31 Å². The molecule has 2 rings (SSSR count). The molecule has 0 unspecified atom stereocenters. The van der Waals surface area contributed by atoms with E-state index in [1.807, 2.05) is 5.32 Å². The molecule has 0 spiro atoms. The van der Waals surface area contributed by atoms with Gasteiger partial charge in [0, 0.05) is 6.54 Å². The minimum atomic E-state index is -4.74. The van der Waals surface area contributed by atoms with Gasteiger partial charge >= 0.3 is 12.4 Å². The van der Waals surface area contributed by atoms with Crippen LogP contribution in [0.4, 0.5) is 32.0 Å². The van der Waals surface area contributed by atoms with Crippen molar-refractivity contribution in [2.75, 3.05) is 18.4 Å². The molecular formula is C18H16F6N2O3S. The van der Waals surface area contributed by atoms with Crippen LogP contribution >= 0.6 is 0 Å². The van der Waals surface area contributed by atoms with Crippen molar-refractivity contribution in [1.29, 1.82) is 0 Å². The lowest BCUT2D eigenvalue weighted by atomic mass is 10.1. The largest absolute Gasteiger partial charge is 0.418 e. The Labute approximate surface area is 168 Å². The van der Waals surface area contributed by atoms with Gasteiger partial charge < -0.3 is 5.32 Å². The molecule has 0 fully saturated rings. The first kappa shape index (κ1) is 23.7. The molecule has 0 aromatic heterocycles. The van der Waals surface area contributed by atoms with Crippen LogP contribution in [0, 0.1) is 0 Å². The first-order chi connectivity index (χ1) is 13.8. The highest BCUT2D eigenvalue weighted by molar-refractivity contribution is 7.89. The van der Waals surface area contributed by atoms with Crippen LogP contribution in [-0.2, 0) is 27.2 Å². The molecule has 0 aliphatic carbocycles. The number of benzene rings is 2. The number of carbonyl (C=O) groups excluding carboxylic acids is 1. The Balaban J connectivity index is 2.21. The normalized spacial score (nSPS) is 12.8. The summed E-state index contributed by atoms with van der Waals surface area (Å²) in [4.78, 5) is 11.7. The number of sulfonamides is 1. The van der Waals surface area contributed by atoms with Crippen molar-refractivity contribution in [3.8, 4) is 0 Å². The molecule has 0 bridgehead atoms. The lowest BCUT2D eigenvalue weighted by molar-refractivity contribution is -0.138. The zero-order valence-electron chi connectivity index (χ0n) is 15.4. The van der Waals surface area contributed by atoms with Gasteiger partial charge in [-0.15, -0.1) is 0 Å². The molecule has 0 saturated carbocycles. The number of nitrogens with zero attached hydrogens (tertiary/aromatic N) is 1. The fraction of sp³-hybridized carbons (Fsp3) is 0.278.